The van der Waals surface area contributed by atoms with Crippen molar-refractivity contribution in [1.82, 2.24) is 0 Å². The van der Waals surface area contributed by atoms with Crippen molar-refractivity contribution >= 4 is 35.8 Å². The zero-order valence-corrected chi connectivity index (χ0v) is 20.1. The van der Waals surface area contributed by atoms with Gasteiger partial charge in [-0.15, -0.1) is 0 Å². The van der Waals surface area contributed by atoms with Gasteiger partial charge in [-0.3, -0.25) is 0 Å². The molecule has 3 aromatic carbocycles. The maximum Gasteiger partial charge on any atom is 0.113 e. The second-order valence-corrected chi connectivity index (χ2v) is 13.6. The summed E-state index contributed by atoms with van der Waals surface area (Å²) in [5.41, 5.74) is 5.81. The van der Waals surface area contributed by atoms with Gasteiger partial charge in [-0.25, -0.2) is 0 Å². The molecule has 0 N–H and O–H groups in total. The van der Waals surface area contributed by atoms with Crippen molar-refractivity contribution in [3.05, 3.63) is 82.9 Å². The van der Waals surface area contributed by atoms with E-state index in [0.29, 0.717) is 0 Å². The topological polar surface area (TPSA) is 46.6 Å². The number of carbonyl (C=O) groups excluding carboxylic acids is 1. The highest BCUT2D eigenvalue weighted by atomic mass is 28.3. The Bertz CT molecular complexity index is 1110. The van der Waals surface area contributed by atoms with Crippen LogP contribution in [0.5, 0.6) is 0 Å². The number of fused-ring (bicyclic) bond motifs is 2. The van der Waals surface area contributed by atoms with Gasteiger partial charge in [-0.1, -0.05) is 49.5 Å². The number of hydrogen-bond donors (Lipinski definition) is 0. The van der Waals surface area contributed by atoms with E-state index in [9.17, 15) is 9.90 Å². The Kier molecular flexibility index (Phi) is 5.18. The monoisotopic (exact) mass is 429 g/mol. The average Bonchev–Trinajstić information content (AvgIpc) is 2.73. The van der Waals surface area contributed by atoms with Crippen LogP contribution in [0.1, 0.15) is 33.0 Å². The standard InChI is InChI=1S/C26H30N2O2Si/c1-27(2)17-11-13-21-23(15-17)31(5,6)24-16-18(28(3)4)12-14-22(24)25(21)19-9-7-8-10-20(19)26(29)30/h7-16,25H,1-6H3,(H,29,30)/p-1. The van der Waals surface area contributed by atoms with Crippen molar-refractivity contribution in [2.75, 3.05) is 38.0 Å². The van der Waals surface area contributed by atoms with Gasteiger partial charge in [0.25, 0.3) is 0 Å². The molecule has 160 valence electrons. The molecule has 0 atom stereocenters. The number of benzene rings is 3. The lowest BCUT2D eigenvalue weighted by atomic mass is 9.82. The summed E-state index contributed by atoms with van der Waals surface area (Å²) in [6.45, 7) is 4.79. The molecule has 1 heterocycles. The largest absolute Gasteiger partial charge is 0.545 e. The molecule has 0 unspecified atom stereocenters. The van der Waals surface area contributed by atoms with Gasteiger partial charge in [-0.05, 0) is 51.3 Å². The SMILES string of the molecule is CN(C)c1ccc2c(c1)[Si](C)(C)c1cc(N(C)C)ccc1C2c1ccccc1C(=O)[O-]. The third-order valence-electron chi connectivity index (χ3n) is 6.57. The Hall–Kier alpha value is -3.05. The molecule has 0 fully saturated rings. The lowest BCUT2D eigenvalue weighted by Crippen LogP contribution is -2.59. The fourth-order valence-electron chi connectivity index (χ4n) is 4.81. The molecule has 0 spiro atoms. The molecule has 0 aromatic heterocycles. The van der Waals surface area contributed by atoms with Crippen LogP contribution in [0.4, 0.5) is 11.4 Å². The molecular formula is C26H29N2O2Si-. The van der Waals surface area contributed by atoms with Crippen LogP contribution in [-0.4, -0.2) is 42.2 Å². The van der Waals surface area contributed by atoms with Gasteiger partial charge in [-0.2, -0.15) is 0 Å². The van der Waals surface area contributed by atoms with Crippen molar-refractivity contribution in [2.24, 2.45) is 0 Å². The second-order valence-electron chi connectivity index (χ2n) is 9.26. The van der Waals surface area contributed by atoms with Crippen LogP contribution >= 0.6 is 0 Å². The van der Waals surface area contributed by atoms with E-state index in [4.69, 9.17) is 0 Å². The number of rotatable bonds is 4. The first-order valence-electron chi connectivity index (χ1n) is 10.6. The van der Waals surface area contributed by atoms with Crippen LogP contribution in [0, 0.1) is 0 Å². The van der Waals surface area contributed by atoms with Crippen molar-refractivity contribution in [1.29, 1.82) is 0 Å². The molecule has 4 rings (SSSR count). The number of nitrogens with zero attached hydrogens (tertiary/aromatic N) is 2. The highest BCUT2D eigenvalue weighted by molar-refractivity contribution is 7.01. The summed E-state index contributed by atoms with van der Waals surface area (Å²) in [4.78, 5) is 16.2. The van der Waals surface area contributed by atoms with Gasteiger partial charge in [0.2, 0.25) is 0 Å². The minimum Gasteiger partial charge on any atom is -0.545 e. The fourth-order valence-corrected chi connectivity index (χ4v) is 8.02. The van der Waals surface area contributed by atoms with Crippen molar-refractivity contribution in [3.8, 4) is 0 Å². The highest BCUT2D eigenvalue weighted by Gasteiger charge is 2.40. The van der Waals surface area contributed by atoms with Crippen LogP contribution in [-0.2, 0) is 0 Å². The van der Waals surface area contributed by atoms with E-state index in [-0.39, 0.29) is 11.5 Å². The molecule has 0 bridgehead atoms. The third-order valence-corrected chi connectivity index (χ3v) is 10.1. The summed E-state index contributed by atoms with van der Waals surface area (Å²) in [6, 6.07) is 20.5. The Labute approximate surface area is 185 Å². The van der Waals surface area contributed by atoms with Gasteiger partial charge in [0.1, 0.15) is 8.07 Å². The molecule has 31 heavy (non-hydrogen) atoms. The fraction of sp³-hybridized carbons (Fsp3) is 0.269. The van der Waals surface area contributed by atoms with E-state index in [1.54, 1.807) is 12.1 Å². The Morgan fingerprint density at radius 3 is 1.71 bits per heavy atom. The first-order chi connectivity index (χ1) is 14.6. The summed E-state index contributed by atoms with van der Waals surface area (Å²) in [5, 5.41) is 14.7. The molecule has 0 saturated carbocycles. The summed E-state index contributed by atoms with van der Waals surface area (Å²) in [6.07, 6.45) is 0. The predicted octanol–water partition coefficient (Wildman–Crippen LogP) is 2.50. The molecule has 1 aliphatic rings. The van der Waals surface area contributed by atoms with E-state index in [1.165, 1.54) is 32.9 Å². The quantitative estimate of drug-likeness (QED) is 0.598. The third kappa shape index (κ3) is 3.43. The van der Waals surface area contributed by atoms with E-state index in [1.807, 2.05) is 12.1 Å². The van der Waals surface area contributed by atoms with Crippen LogP contribution in [0.15, 0.2) is 60.7 Å². The van der Waals surface area contributed by atoms with Crippen LogP contribution in [0.2, 0.25) is 13.1 Å². The molecule has 0 aliphatic carbocycles. The first-order valence-corrected chi connectivity index (χ1v) is 13.6. The van der Waals surface area contributed by atoms with Gasteiger partial charge >= 0.3 is 0 Å². The maximum absolute atomic E-state index is 12.0. The Balaban J connectivity index is 2.07. The van der Waals surface area contributed by atoms with Crippen molar-refractivity contribution in [3.63, 3.8) is 0 Å². The Morgan fingerprint density at radius 1 is 0.774 bits per heavy atom. The zero-order chi connectivity index (χ0) is 22.5. The molecule has 1 aliphatic heterocycles. The minimum absolute atomic E-state index is 0.132. The van der Waals surface area contributed by atoms with Gasteiger partial charge in [0.15, 0.2) is 0 Å². The maximum atomic E-state index is 12.0. The molecule has 4 nitrogen and oxygen atoms in total. The lowest BCUT2D eigenvalue weighted by Gasteiger charge is -2.40. The summed E-state index contributed by atoms with van der Waals surface area (Å²) < 4.78 is 0. The Morgan fingerprint density at radius 2 is 1.26 bits per heavy atom. The molecule has 0 radical (unpaired) electrons. The van der Waals surface area contributed by atoms with Gasteiger partial charge in [0, 0.05) is 51.0 Å². The number of carboxylic acid groups (broad SMARTS) is 1. The van der Waals surface area contributed by atoms with E-state index in [0.717, 1.165) is 5.56 Å². The van der Waals surface area contributed by atoms with Gasteiger partial charge in [0.05, 0.1) is 5.97 Å². The zero-order valence-electron chi connectivity index (χ0n) is 19.1. The van der Waals surface area contributed by atoms with Crippen molar-refractivity contribution < 1.29 is 9.90 Å². The van der Waals surface area contributed by atoms with Crippen molar-refractivity contribution in [2.45, 2.75) is 19.0 Å². The molecular weight excluding hydrogens is 400 g/mol. The lowest BCUT2D eigenvalue weighted by molar-refractivity contribution is -0.255. The average molecular weight is 430 g/mol. The van der Waals surface area contributed by atoms with Crippen LogP contribution in [0.3, 0.4) is 0 Å². The molecule has 3 aromatic rings. The summed E-state index contributed by atoms with van der Waals surface area (Å²) >= 11 is 0. The molecule has 0 amide bonds. The van der Waals surface area contributed by atoms with E-state index >= 15 is 0 Å². The van der Waals surface area contributed by atoms with Crippen LogP contribution < -0.4 is 25.3 Å². The highest BCUT2D eigenvalue weighted by Crippen LogP contribution is 2.38. The molecule has 5 heteroatoms. The number of anilines is 2. The second kappa shape index (κ2) is 7.57. The summed E-state index contributed by atoms with van der Waals surface area (Å²) in [7, 11) is 6.20. The van der Waals surface area contributed by atoms with E-state index in [2.05, 4.69) is 87.5 Å². The van der Waals surface area contributed by atoms with E-state index < -0.39 is 14.0 Å². The van der Waals surface area contributed by atoms with Gasteiger partial charge < -0.3 is 19.7 Å². The number of carbonyl (C=O) groups is 1. The normalized spacial score (nSPS) is 14.5. The first kappa shape index (κ1) is 21.2. The number of aromatic carboxylic acids is 1. The smallest absolute Gasteiger partial charge is 0.113 e. The number of hydrogen-bond acceptors (Lipinski definition) is 4. The minimum atomic E-state index is -2.02. The predicted molar refractivity (Wildman–Crippen MR) is 130 cm³/mol. The van der Waals surface area contributed by atoms with Crippen LogP contribution in [0.25, 0.3) is 0 Å². The summed E-state index contributed by atoms with van der Waals surface area (Å²) in [5.74, 6) is -1.26. The molecule has 0 saturated heterocycles. The number of carboxylic acids is 1.